The van der Waals surface area contributed by atoms with Gasteiger partial charge in [0.1, 0.15) is 5.82 Å². The van der Waals surface area contributed by atoms with Crippen LogP contribution >= 0.6 is 0 Å². The average molecular weight is 431 g/mol. The molecule has 3 heterocycles. The van der Waals surface area contributed by atoms with Crippen LogP contribution in [0.4, 0.5) is 5.82 Å². The molecule has 0 aliphatic rings. The molecule has 0 aliphatic carbocycles. The molecule has 0 atom stereocenters. The first-order chi connectivity index (χ1) is 15.1. The van der Waals surface area contributed by atoms with E-state index in [1.54, 1.807) is 25.4 Å². The maximum atomic E-state index is 13.2. The van der Waals surface area contributed by atoms with Crippen LogP contribution in [0.25, 0.3) is 11.6 Å². The quantitative estimate of drug-likeness (QED) is 0.529. The molecule has 164 valence electrons. The summed E-state index contributed by atoms with van der Waals surface area (Å²) < 4.78 is 1.53. The Bertz CT molecular complexity index is 1280. The zero-order valence-electron chi connectivity index (χ0n) is 19.1. The maximum Gasteiger partial charge on any atom is 0.279 e. The fourth-order valence-corrected chi connectivity index (χ4v) is 3.29. The zero-order valence-corrected chi connectivity index (χ0v) is 19.1. The van der Waals surface area contributed by atoms with Crippen LogP contribution in [0.1, 0.15) is 53.8 Å². The van der Waals surface area contributed by atoms with E-state index in [-0.39, 0.29) is 17.0 Å². The van der Waals surface area contributed by atoms with Crippen molar-refractivity contribution < 1.29 is 4.79 Å². The number of carbonyl (C=O) groups is 1. The van der Waals surface area contributed by atoms with Crippen LogP contribution in [0.5, 0.6) is 0 Å². The lowest BCUT2D eigenvalue weighted by Gasteiger charge is -2.13. The average Bonchev–Trinajstić information content (AvgIpc) is 3.32. The third-order valence-electron chi connectivity index (χ3n) is 5.03. The van der Waals surface area contributed by atoms with Crippen molar-refractivity contribution in [3.63, 3.8) is 0 Å². The van der Waals surface area contributed by atoms with Crippen molar-refractivity contribution in [2.75, 3.05) is 5.32 Å². The highest BCUT2D eigenvalue weighted by atomic mass is 16.2. The number of anilines is 1. The second-order valence-corrected chi connectivity index (χ2v) is 8.79. The van der Waals surface area contributed by atoms with Crippen LogP contribution in [0, 0.1) is 20.8 Å². The van der Waals surface area contributed by atoms with Gasteiger partial charge in [0, 0.05) is 23.9 Å². The Morgan fingerprint density at radius 3 is 2.34 bits per heavy atom. The Labute approximate surface area is 186 Å². The second kappa shape index (κ2) is 7.99. The molecule has 4 aromatic rings. The molecule has 0 saturated heterocycles. The number of hydrogen-bond donors (Lipinski definition) is 1. The van der Waals surface area contributed by atoms with E-state index >= 15 is 0 Å². The van der Waals surface area contributed by atoms with Gasteiger partial charge in [0.15, 0.2) is 5.69 Å². The summed E-state index contributed by atoms with van der Waals surface area (Å²) in [5.41, 5.74) is 4.36. The molecular formula is C23H26N8O. The fraction of sp³-hybridized carbons (Fsp3) is 0.304. The molecule has 1 aromatic carbocycles. The van der Waals surface area contributed by atoms with Gasteiger partial charge in [-0.15, -0.1) is 5.10 Å². The predicted molar refractivity (Wildman–Crippen MR) is 121 cm³/mol. The van der Waals surface area contributed by atoms with Gasteiger partial charge in [0.05, 0.1) is 17.1 Å². The summed E-state index contributed by atoms with van der Waals surface area (Å²) >= 11 is 0. The third-order valence-corrected chi connectivity index (χ3v) is 5.03. The van der Waals surface area contributed by atoms with Crippen LogP contribution in [0.3, 0.4) is 0 Å². The Balaban J connectivity index is 1.69. The van der Waals surface area contributed by atoms with Gasteiger partial charge >= 0.3 is 0 Å². The summed E-state index contributed by atoms with van der Waals surface area (Å²) in [7, 11) is 0. The van der Waals surface area contributed by atoms with Crippen LogP contribution in [0.15, 0.2) is 42.7 Å². The summed E-state index contributed by atoms with van der Waals surface area (Å²) in [6.45, 7) is 11.9. The molecule has 3 aromatic heterocycles. The Hall–Kier alpha value is -3.88. The molecule has 4 rings (SSSR count). The fourth-order valence-electron chi connectivity index (χ4n) is 3.29. The number of nitrogens with one attached hydrogen (secondary N) is 1. The molecule has 1 N–H and O–H groups in total. The van der Waals surface area contributed by atoms with Crippen molar-refractivity contribution in [3.05, 3.63) is 70.9 Å². The molecule has 0 unspecified atom stereocenters. The largest absolute Gasteiger partial charge is 0.305 e. The van der Waals surface area contributed by atoms with Crippen molar-refractivity contribution >= 4 is 11.7 Å². The molecule has 32 heavy (non-hydrogen) atoms. The number of rotatable bonds is 4. The highest BCUT2D eigenvalue weighted by Crippen LogP contribution is 2.26. The van der Waals surface area contributed by atoms with Crippen LogP contribution in [-0.4, -0.2) is 40.6 Å². The summed E-state index contributed by atoms with van der Waals surface area (Å²) in [6.07, 6.45) is 3.26. The Morgan fingerprint density at radius 2 is 1.69 bits per heavy atom. The van der Waals surface area contributed by atoms with Gasteiger partial charge in [-0.2, -0.15) is 19.7 Å². The standard InChI is InChI=1S/C23H26N8O/c1-14-8-9-17(15(2)12-14)31-27-16(3)20(29-31)21(32)26-19-13-18(23(4,5)6)28-30(19)22-24-10-7-11-25-22/h7-13H,1-6H3,(H,26,32). The first kappa shape index (κ1) is 21.4. The van der Waals surface area contributed by atoms with Crippen molar-refractivity contribution in [1.82, 2.24) is 34.7 Å². The lowest BCUT2D eigenvalue weighted by Crippen LogP contribution is -2.17. The summed E-state index contributed by atoms with van der Waals surface area (Å²) in [5.74, 6) is 0.455. The molecular weight excluding hydrogens is 404 g/mol. The van der Waals surface area contributed by atoms with Gasteiger partial charge in [-0.05, 0) is 38.5 Å². The zero-order chi connectivity index (χ0) is 23.0. The number of amides is 1. The van der Waals surface area contributed by atoms with E-state index in [1.807, 2.05) is 32.0 Å². The van der Waals surface area contributed by atoms with Crippen LogP contribution < -0.4 is 5.32 Å². The van der Waals surface area contributed by atoms with Gasteiger partial charge < -0.3 is 5.32 Å². The van der Waals surface area contributed by atoms with Crippen molar-refractivity contribution in [1.29, 1.82) is 0 Å². The van der Waals surface area contributed by atoms with Crippen molar-refractivity contribution in [2.24, 2.45) is 0 Å². The van der Waals surface area contributed by atoms with Crippen molar-refractivity contribution in [2.45, 2.75) is 47.0 Å². The van der Waals surface area contributed by atoms with Crippen molar-refractivity contribution in [3.8, 4) is 11.6 Å². The van der Waals surface area contributed by atoms with Gasteiger partial charge in [0.2, 0.25) is 0 Å². The summed E-state index contributed by atoms with van der Waals surface area (Å²) in [6, 6.07) is 9.55. The molecule has 0 saturated carbocycles. The first-order valence-corrected chi connectivity index (χ1v) is 10.3. The van der Waals surface area contributed by atoms with E-state index in [0.29, 0.717) is 17.5 Å². The monoisotopic (exact) mass is 430 g/mol. The molecule has 0 spiro atoms. The van der Waals surface area contributed by atoms with Gasteiger partial charge in [-0.1, -0.05) is 38.5 Å². The Kier molecular flexibility index (Phi) is 5.33. The molecule has 9 heteroatoms. The number of benzene rings is 1. The van der Waals surface area contributed by atoms with E-state index in [0.717, 1.165) is 22.5 Å². The highest BCUT2D eigenvalue weighted by Gasteiger charge is 2.24. The van der Waals surface area contributed by atoms with Gasteiger partial charge in [-0.25, -0.2) is 9.97 Å². The SMILES string of the molecule is Cc1ccc(-n2nc(C)c(C(=O)Nc3cc(C(C)(C)C)nn3-c3ncccn3)n2)c(C)c1. The molecule has 0 fully saturated rings. The van der Waals surface area contributed by atoms with E-state index in [2.05, 4.69) is 57.4 Å². The third kappa shape index (κ3) is 4.14. The number of hydrogen-bond acceptors (Lipinski definition) is 6. The van der Waals surface area contributed by atoms with E-state index in [1.165, 1.54) is 9.48 Å². The molecule has 9 nitrogen and oxygen atoms in total. The minimum atomic E-state index is -0.379. The van der Waals surface area contributed by atoms with Gasteiger partial charge in [0.25, 0.3) is 11.9 Å². The number of carbonyl (C=O) groups excluding carboxylic acids is 1. The summed E-state index contributed by atoms with van der Waals surface area (Å²) in [5, 5.41) is 16.5. The molecule has 1 amide bonds. The number of aryl methyl sites for hydroxylation is 3. The lowest BCUT2D eigenvalue weighted by atomic mass is 9.92. The molecule has 0 aliphatic heterocycles. The first-order valence-electron chi connectivity index (χ1n) is 10.3. The summed E-state index contributed by atoms with van der Waals surface area (Å²) in [4.78, 5) is 23.2. The number of nitrogens with zero attached hydrogens (tertiary/aromatic N) is 7. The topological polar surface area (TPSA) is 103 Å². The normalized spacial score (nSPS) is 11.6. The highest BCUT2D eigenvalue weighted by molar-refractivity contribution is 6.03. The van der Waals surface area contributed by atoms with E-state index in [4.69, 9.17) is 0 Å². The number of aromatic nitrogens is 7. The maximum absolute atomic E-state index is 13.2. The second-order valence-electron chi connectivity index (χ2n) is 8.79. The minimum absolute atomic E-state index is 0.221. The lowest BCUT2D eigenvalue weighted by molar-refractivity contribution is 0.102. The molecule has 0 radical (unpaired) electrons. The molecule has 0 bridgehead atoms. The van der Waals surface area contributed by atoms with E-state index < -0.39 is 0 Å². The Morgan fingerprint density at radius 1 is 0.969 bits per heavy atom. The van der Waals surface area contributed by atoms with E-state index in [9.17, 15) is 4.79 Å². The minimum Gasteiger partial charge on any atom is -0.305 e. The van der Waals surface area contributed by atoms with Gasteiger partial charge in [-0.3, -0.25) is 4.79 Å². The van der Waals surface area contributed by atoms with Crippen LogP contribution in [0.2, 0.25) is 0 Å². The predicted octanol–water partition coefficient (Wildman–Crippen LogP) is 3.72. The van der Waals surface area contributed by atoms with Crippen LogP contribution in [-0.2, 0) is 5.41 Å². The smallest absolute Gasteiger partial charge is 0.279 e.